The molecule has 0 aliphatic rings. The fourth-order valence-electron chi connectivity index (χ4n) is 2.13. The molecule has 0 fully saturated rings. The van der Waals surface area contributed by atoms with E-state index in [2.05, 4.69) is 5.10 Å². The van der Waals surface area contributed by atoms with Crippen molar-refractivity contribution in [3.8, 4) is 11.8 Å². The van der Waals surface area contributed by atoms with Gasteiger partial charge in [0.25, 0.3) is 0 Å². The maximum absolute atomic E-state index is 12.8. The molecule has 0 spiro atoms. The molecule has 1 heterocycles. The van der Waals surface area contributed by atoms with Gasteiger partial charge in [-0.25, -0.2) is 4.68 Å². The van der Waals surface area contributed by atoms with Crippen molar-refractivity contribution >= 4 is 41.5 Å². The number of rotatable bonds is 2. The summed E-state index contributed by atoms with van der Waals surface area (Å²) >= 11 is 11.8. The Bertz CT molecular complexity index is 888. The summed E-state index contributed by atoms with van der Waals surface area (Å²) in [6, 6.07) is 3.10. The molecule has 2 N–H and O–H groups in total. The Hall–Kier alpha value is -1.68. The van der Waals surface area contributed by atoms with Gasteiger partial charge in [0, 0.05) is 0 Å². The van der Waals surface area contributed by atoms with Crippen molar-refractivity contribution in [2.24, 2.45) is 0 Å². The maximum Gasteiger partial charge on any atom is 0.416 e. The van der Waals surface area contributed by atoms with E-state index in [-0.39, 0.29) is 32.5 Å². The third kappa shape index (κ3) is 3.25. The molecular formula is C13H10Cl2F3N4OP. The number of halogens is 5. The number of aromatic nitrogens is 2. The number of hydrogen-bond donors (Lipinski definition) is 1. The van der Waals surface area contributed by atoms with Gasteiger partial charge in [-0.05, 0) is 25.5 Å². The molecule has 24 heavy (non-hydrogen) atoms. The molecule has 0 amide bonds. The smallest absolute Gasteiger partial charge is 0.383 e. The lowest BCUT2D eigenvalue weighted by Gasteiger charge is -2.13. The second kappa shape index (κ2) is 5.99. The first-order valence-electron chi connectivity index (χ1n) is 6.28. The Morgan fingerprint density at radius 2 is 1.79 bits per heavy atom. The average molecular weight is 397 g/mol. The van der Waals surface area contributed by atoms with Gasteiger partial charge in [0.15, 0.2) is 5.69 Å². The third-order valence-electron chi connectivity index (χ3n) is 3.10. The zero-order valence-electron chi connectivity index (χ0n) is 12.3. The number of anilines is 1. The van der Waals surface area contributed by atoms with Crippen LogP contribution in [0.5, 0.6) is 0 Å². The van der Waals surface area contributed by atoms with E-state index in [0.717, 1.165) is 4.68 Å². The van der Waals surface area contributed by atoms with Gasteiger partial charge in [-0.1, -0.05) is 23.2 Å². The Morgan fingerprint density at radius 1 is 1.29 bits per heavy atom. The minimum atomic E-state index is -4.63. The van der Waals surface area contributed by atoms with Crippen molar-refractivity contribution in [2.75, 3.05) is 19.1 Å². The fraction of sp³-hybridized carbons (Fsp3) is 0.231. The van der Waals surface area contributed by atoms with Crippen molar-refractivity contribution in [3.63, 3.8) is 0 Å². The minimum Gasteiger partial charge on any atom is -0.383 e. The zero-order chi connectivity index (χ0) is 18.4. The van der Waals surface area contributed by atoms with Crippen LogP contribution in [-0.2, 0) is 10.7 Å². The highest BCUT2D eigenvalue weighted by Gasteiger charge is 2.33. The van der Waals surface area contributed by atoms with E-state index in [9.17, 15) is 17.7 Å². The SMILES string of the molecule is CP(C)(=O)c1c(C#N)nn(-c2c(Cl)cc(C(F)(F)F)cc2Cl)c1N. The largest absolute Gasteiger partial charge is 0.416 e. The highest BCUT2D eigenvalue weighted by Crippen LogP contribution is 2.41. The number of nitrogen functional groups attached to an aromatic ring is 1. The molecular weight excluding hydrogens is 387 g/mol. The summed E-state index contributed by atoms with van der Waals surface area (Å²) < 4.78 is 51.6. The van der Waals surface area contributed by atoms with Crippen molar-refractivity contribution in [3.05, 3.63) is 33.4 Å². The molecule has 2 aromatic rings. The van der Waals surface area contributed by atoms with Crippen LogP contribution in [0.25, 0.3) is 5.69 Å². The molecule has 1 aromatic carbocycles. The van der Waals surface area contributed by atoms with Crippen molar-refractivity contribution in [2.45, 2.75) is 6.18 Å². The summed E-state index contributed by atoms with van der Waals surface area (Å²) in [5.41, 5.74) is 4.53. The van der Waals surface area contributed by atoms with Gasteiger partial charge in [0.2, 0.25) is 0 Å². The fourth-order valence-corrected chi connectivity index (χ4v) is 4.03. The van der Waals surface area contributed by atoms with E-state index in [1.54, 1.807) is 6.07 Å². The monoisotopic (exact) mass is 396 g/mol. The van der Waals surface area contributed by atoms with Crippen molar-refractivity contribution in [1.82, 2.24) is 9.78 Å². The summed E-state index contributed by atoms with van der Waals surface area (Å²) in [5, 5.41) is 12.3. The topological polar surface area (TPSA) is 84.7 Å². The first-order chi connectivity index (χ1) is 10.9. The molecule has 0 aliphatic heterocycles. The number of alkyl halides is 3. The lowest BCUT2D eigenvalue weighted by atomic mass is 10.2. The molecule has 0 atom stereocenters. The number of nitriles is 1. The molecule has 0 aliphatic carbocycles. The molecule has 2 rings (SSSR count). The lowest BCUT2D eigenvalue weighted by Crippen LogP contribution is -2.13. The minimum absolute atomic E-state index is 0.0250. The van der Waals surface area contributed by atoms with E-state index in [4.69, 9.17) is 34.2 Å². The van der Waals surface area contributed by atoms with Gasteiger partial charge in [-0.3, -0.25) is 0 Å². The molecule has 5 nitrogen and oxygen atoms in total. The quantitative estimate of drug-likeness (QED) is 0.780. The number of hydrogen-bond acceptors (Lipinski definition) is 4. The predicted molar refractivity (Wildman–Crippen MR) is 86.8 cm³/mol. The Morgan fingerprint density at radius 3 is 2.12 bits per heavy atom. The summed E-state index contributed by atoms with van der Waals surface area (Å²) in [7, 11) is -2.97. The van der Waals surface area contributed by atoms with E-state index in [1.165, 1.54) is 13.3 Å². The number of nitrogens with zero attached hydrogens (tertiary/aromatic N) is 3. The Labute approximate surface area is 145 Å². The van der Waals surface area contributed by atoms with Crippen molar-refractivity contribution in [1.29, 1.82) is 5.26 Å². The highest BCUT2D eigenvalue weighted by molar-refractivity contribution is 7.70. The summed E-state index contributed by atoms with van der Waals surface area (Å²) in [6.07, 6.45) is -4.63. The summed E-state index contributed by atoms with van der Waals surface area (Å²) in [6.45, 7) is 2.78. The van der Waals surface area contributed by atoms with Crippen LogP contribution in [0.1, 0.15) is 11.3 Å². The van der Waals surface area contributed by atoms with Crippen LogP contribution in [0.3, 0.4) is 0 Å². The second-order valence-electron chi connectivity index (χ2n) is 5.24. The first-order valence-corrected chi connectivity index (χ1v) is 9.64. The van der Waals surface area contributed by atoms with Crippen LogP contribution >= 0.6 is 30.3 Å². The second-order valence-corrected chi connectivity index (χ2v) is 9.21. The maximum atomic E-state index is 12.8. The van der Waals surface area contributed by atoms with Crippen LogP contribution in [-0.4, -0.2) is 23.1 Å². The number of benzene rings is 1. The zero-order valence-corrected chi connectivity index (χ0v) is 14.7. The molecule has 0 bridgehead atoms. The molecule has 11 heteroatoms. The van der Waals surface area contributed by atoms with Crippen LogP contribution in [0.15, 0.2) is 12.1 Å². The third-order valence-corrected chi connectivity index (χ3v) is 5.19. The van der Waals surface area contributed by atoms with E-state index in [1.807, 2.05) is 0 Å². The van der Waals surface area contributed by atoms with Crippen molar-refractivity contribution < 1.29 is 17.7 Å². The Kier molecular flexibility index (Phi) is 4.66. The first kappa shape index (κ1) is 18.7. The van der Waals surface area contributed by atoms with E-state index >= 15 is 0 Å². The highest BCUT2D eigenvalue weighted by atomic mass is 35.5. The van der Waals surface area contributed by atoms with E-state index < -0.39 is 18.9 Å². The molecule has 0 unspecified atom stereocenters. The van der Waals surface area contributed by atoms with Crippen LogP contribution < -0.4 is 11.0 Å². The molecule has 1 aromatic heterocycles. The average Bonchev–Trinajstić information content (AvgIpc) is 2.74. The van der Waals surface area contributed by atoms with Gasteiger partial charge >= 0.3 is 6.18 Å². The normalized spacial score (nSPS) is 12.2. The van der Waals surface area contributed by atoms with Gasteiger partial charge in [0.1, 0.15) is 24.7 Å². The van der Waals surface area contributed by atoms with Gasteiger partial charge in [0.05, 0.1) is 20.9 Å². The van der Waals surface area contributed by atoms with Crippen LogP contribution in [0.4, 0.5) is 19.0 Å². The predicted octanol–water partition coefficient (Wildman–Crippen LogP) is 3.90. The van der Waals surface area contributed by atoms with E-state index in [0.29, 0.717) is 12.1 Å². The van der Waals surface area contributed by atoms with Crippen LogP contribution in [0, 0.1) is 11.3 Å². The number of nitrogens with two attached hydrogens (primary N) is 1. The molecule has 0 saturated heterocycles. The van der Waals surface area contributed by atoms with Gasteiger partial charge in [-0.2, -0.15) is 23.5 Å². The molecule has 0 saturated carbocycles. The van der Waals surface area contributed by atoms with Crippen LogP contribution in [0.2, 0.25) is 10.0 Å². The Balaban J connectivity index is 2.78. The summed E-state index contributed by atoms with van der Waals surface area (Å²) in [4.78, 5) is 0. The van der Waals surface area contributed by atoms with Gasteiger partial charge in [-0.15, -0.1) is 0 Å². The van der Waals surface area contributed by atoms with Gasteiger partial charge < -0.3 is 10.3 Å². The standard InChI is InChI=1S/C13H10Cl2F3N4OP/c1-24(2,23)11-9(5-19)21-22(12(11)20)10-7(14)3-6(4-8(10)15)13(16,17)18/h3-4H,20H2,1-2H3. The lowest BCUT2D eigenvalue weighted by molar-refractivity contribution is -0.137. The summed E-state index contributed by atoms with van der Waals surface area (Å²) in [5.74, 6) is -0.163. The molecule has 128 valence electrons. The molecule has 0 radical (unpaired) electrons.